The van der Waals surface area contributed by atoms with Gasteiger partial charge in [0.1, 0.15) is 5.58 Å². The molecule has 11 aromatic rings. The van der Waals surface area contributed by atoms with Crippen molar-refractivity contribution in [1.29, 1.82) is 0 Å². The number of hydrogen-bond acceptors (Lipinski definition) is 2. The Bertz CT molecular complexity index is 3460. The van der Waals surface area contributed by atoms with E-state index in [4.69, 9.17) is 9.41 Å². The fourth-order valence-corrected chi connectivity index (χ4v) is 9.19. The van der Waals surface area contributed by atoms with Crippen molar-refractivity contribution in [2.45, 2.75) is 12.5 Å². The third-order valence-corrected chi connectivity index (χ3v) is 11.7. The zero-order chi connectivity index (χ0) is 36.0. The first-order valence-corrected chi connectivity index (χ1v) is 19.0. The third-order valence-electron chi connectivity index (χ3n) is 11.7. The maximum Gasteiger partial charge on any atom is 0.159 e. The van der Waals surface area contributed by atoms with Gasteiger partial charge in [-0.1, -0.05) is 127 Å². The number of fused-ring (bicyclic) bond motifs is 10. The summed E-state index contributed by atoms with van der Waals surface area (Å²) in [6.07, 6.45) is 0.828. The van der Waals surface area contributed by atoms with E-state index in [2.05, 4.69) is 191 Å². The van der Waals surface area contributed by atoms with Crippen molar-refractivity contribution in [3.8, 4) is 11.4 Å². The van der Waals surface area contributed by atoms with Gasteiger partial charge in [-0.15, -0.1) is 0 Å². The molecule has 12 rings (SSSR count). The first kappa shape index (κ1) is 30.3. The van der Waals surface area contributed by atoms with Gasteiger partial charge in [-0.2, -0.15) is 0 Å². The van der Waals surface area contributed by atoms with Crippen LogP contribution in [0, 0.1) is 0 Å². The molecule has 0 radical (unpaired) electrons. The van der Waals surface area contributed by atoms with E-state index in [1.54, 1.807) is 0 Å². The zero-order valence-corrected chi connectivity index (χ0v) is 29.9. The van der Waals surface area contributed by atoms with E-state index in [-0.39, 0.29) is 6.04 Å². The molecule has 8 aromatic carbocycles. The zero-order valence-electron chi connectivity index (χ0n) is 29.9. The molecule has 1 aliphatic rings. The van der Waals surface area contributed by atoms with E-state index < -0.39 is 0 Å². The summed E-state index contributed by atoms with van der Waals surface area (Å²) >= 11 is 0. The standard InChI is InChI=1S/C51H33N3O/c1-3-14-32(15-4-1)40-29-44(52-43-22-10-7-18-35(40)43)33-26-27-38-39-21-13-25-47(51(39)55-50(38)28-33)54-46-24-12-9-20-37(46)42-30-48-41(31-49(42)54)36-19-8-11-23-45(36)53(48)34-16-5-2-6-17-34/h1-28,30-31,44H,29H2. The molecule has 0 amide bonds. The van der Waals surface area contributed by atoms with Crippen LogP contribution in [0.1, 0.15) is 23.6 Å². The molecule has 258 valence electrons. The summed E-state index contributed by atoms with van der Waals surface area (Å²) < 4.78 is 11.8. The van der Waals surface area contributed by atoms with Crippen molar-refractivity contribution >= 4 is 71.1 Å². The summed E-state index contributed by atoms with van der Waals surface area (Å²) in [6.45, 7) is 0. The van der Waals surface area contributed by atoms with Gasteiger partial charge >= 0.3 is 0 Å². The average molecular weight is 704 g/mol. The summed E-state index contributed by atoms with van der Waals surface area (Å²) in [5.74, 6) is 0. The average Bonchev–Trinajstić information content (AvgIpc) is 3.90. The summed E-state index contributed by atoms with van der Waals surface area (Å²) in [5, 5.41) is 9.35. The second kappa shape index (κ2) is 11.7. The quantitative estimate of drug-likeness (QED) is 0.180. The molecule has 0 N–H and O–H groups in total. The second-order valence-electron chi connectivity index (χ2n) is 14.6. The Kier molecular flexibility index (Phi) is 6.43. The number of nitrogens with zero attached hydrogens (tertiary/aromatic N) is 3. The molecule has 0 saturated carbocycles. The molecule has 0 bridgehead atoms. The van der Waals surface area contributed by atoms with Gasteiger partial charge in [0, 0.05) is 49.6 Å². The van der Waals surface area contributed by atoms with E-state index in [0.717, 1.165) is 61.7 Å². The maximum absolute atomic E-state index is 6.96. The lowest BCUT2D eigenvalue weighted by atomic mass is 9.90. The Morgan fingerprint density at radius 2 is 1.11 bits per heavy atom. The molecule has 4 nitrogen and oxygen atoms in total. The van der Waals surface area contributed by atoms with E-state index >= 15 is 0 Å². The smallest absolute Gasteiger partial charge is 0.159 e. The number of hydrogen-bond donors (Lipinski definition) is 0. The fraction of sp³-hybridized carbons (Fsp3) is 0.0392. The van der Waals surface area contributed by atoms with Crippen molar-refractivity contribution in [2.75, 3.05) is 0 Å². The van der Waals surface area contributed by atoms with Gasteiger partial charge in [0.15, 0.2) is 5.58 Å². The van der Waals surface area contributed by atoms with E-state index in [9.17, 15) is 0 Å². The van der Waals surface area contributed by atoms with Crippen LogP contribution in [0.25, 0.3) is 82.5 Å². The van der Waals surface area contributed by atoms with Gasteiger partial charge in [0.25, 0.3) is 0 Å². The van der Waals surface area contributed by atoms with Crippen LogP contribution in [0.15, 0.2) is 191 Å². The van der Waals surface area contributed by atoms with E-state index in [1.165, 1.54) is 48.9 Å². The molecule has 0 saturated heterocycles. The first-order chi connectivity index (χ1) is 27.3. The van der Waals surface area contributed by atoms with Crippen molar-refractivity contribution in [3.05, 3.63) is 204 Å². The van der Waals surface area contributed by atoms with Crippen LogP contribution in [0.4, 0.5) is 0 Å². The molecule has 3 aromatic heterocycles. The van der Waals surface area contributed by atoms with Gasteiger partial charge in [-0.25, -0.2) is 0 Å². The summed E-state index contributed by atoms with van der Waals surface area (Å²) in [6, 6.07) is 65.4. The monoisotopic (exact) mass is 703 g/mol. The number of aromatic nitrogens is 2. The minimum absolute atomic E-state index is 0.0139. The fourth-order valence-electron chi connectivity index (χ4n) is 9.19. The summed E-state index contributed by atoms with van der Waals surface area (Å²) in [4.78, 5) is 5.28. The van der Waals surface area contributed by atoms with Crippen molar-refractivity contribution in [2.24, 2.45) is 4.99 Å². The minimum atomic E-state index is -0.0139. The molecule has 55 heavy (non-hydrogen) atoms. The molecular weight excluding hydrogens is 671 g/mol. The Morgan fingerprint density at radius 1 is 0.473 bits per heavy atom. The van der Waals surface area contributed by atoms with Crippen LogP contribution in [0.5, 0.6) is 0 Å². The van der Waals surface area contributed by atoms with Crippen LogP contribution in [-0.4, -0.2) is 9.13 Å². The van der Waals surface area contributed by atoms with Gasteiger partial charge in [0.2, 0.25) is 0 Å². The number of para-hydroxylation sites is 5. The highest BCUT2D eigenvalue weighted by Crippen LogP contribution is 2.42. The minimum Gasteiger partial charge on any atom is -0.454 e. The Balaban J connectivity index is 1.06. The van der Waals surface area contributed by atoms with Gasteiger partial charge in [-0.3, -0.25) is 4.99 Å². The lowest BCUT2D eigenvalue weighted by Gasteiger charge is -2.20. The normalized spacial score (nSPS) is 14.4. The predicted octanol–water partition coefficient (Wildman–Crippen LogP) is 11.7. The number of furan rings is 1. The highest BCUT2D eigenvalue weighted by Gasteiger charge is 2.23. The van der Waals surface area contributed by atoms with Crippen LogP contribution >= 0.6 is 0 Å². The molecule has 0 fully saturated rings. The summed E-state index contributed by atoms with van der Waals surface area (Å²) in [7, 11) is 0. The van der Waals surface area contributed by atoms with Crippen molar-refractivity contribution in [3.63, 3.8) is 0 Å². The number of rotatable bonds is 4. The van der Waals surface area contributed by atoms with Gasteiger partial charge in [-0.05, 0) is 71.3 Å². The Labute approximate surface area is 316 Å². The molecular formula is C51H33N3O. The lowest BCUT2D eigenvalue weighted by Crippen LogP contribution is -2.32. The molecule has 4 heteroatoms. The van der Waals surface area contributed by atoms with Crippen molar-refractivity contribution < 1.29 is 4.42 Å². The Hall–Kier alpha value is -7.17. The van der Waals surface area contributed by atoms with Crippen LogP contribution in [-0.2, 0) is 0 Å². The van der Waals surface area contributed by atoms with Gasteiger partial charge in [0.05, 0.1) is 39.2 Å². The second-order valence-corrected chi connectivity index (χ2v) is 14.6. The Morgan fingerprint density at radius 3 is 1.89 bits per heavy atom. The van der Waals surface area contributed by atoms with Gasteiger partial charge < -0.3 is 13.6 Å². The molecule has 0 spiro atoms. The van der Waals surface area contributed by atoms with E-state index in [0.29, 0.717) is 0 Å². The molecule has 1 unspecified atom stereocenters. The molecule has 0 aliphatic carbocycles. The largest absolute Gasteiger partial charge is 0.454 e. The first-order valence-electron chi connectivity index (χ1n) is 19.0. The summed E-state index contributed by atoms with van der Waals surface area (Å²) in [5.41, 5.74) is 12.4. The van der Waals surface area contributed by atoms with Crippen molar-refractivity contribution in [1.82, 2.24) is 9.13 Å². The topological polar surface area (TPSA) is 35.4 Å². The third kappa shape index (κ3) is 4.49. The van der Waals surface area contributed by atoms with Crippen LogP contribution in [0.3, 0.4) is 0 Å². The number of benzene rings is 8. The molecule has 1 atom stereocenters. The SMILES string of the molecule is c1ccc(C2=c3ccccc3=NC(c3ccc4c(c3)oc3c(-n5c6ccccc6c6cc7c(cc65)c5ccccc5n7-c5ccccc5)cccc34)C2)cc1. The highest BCUT2D eigenvalue weighted by molar-refractivity contribution is 6.19. The molecule has 4 heterocycles. The molecule has 1 aliphatic heterocycles. The van der Waals surface area contributed by atoms with Crippen LogP contribution < -0.4 is 10.6 Å². The maximum atomic E-state index is 6.96. The highest BCUT2D eigenvalue weighted by atomic mass is 16.3. The van der Waals surface area contributed by atoms with E-state index in [1.807, 2.05) is 0 Å². The van der Waals surface area contributed by atoms with Crippen LogP contribution in [0.2, 0.25) is 0 Å². The predicted molar refractivity (Wildman–Crippen MR) is 226 cm³/mol. The lowest BCUT2D eigenvalue weighted by molar-refractivity contribution is 0.661.